The molecule has 0 heterocycles. The highest BCUT2D eigenvalue weighted by Gasteiger charge is 2.15. The van der Waals surface area contributed by atoms with E-state index in [2.05, 4.69) is 60.3 Å². The van der Waals surface area contributed by atoms with Crippen LogP contribution in [0.3, 0.4) is 0 Å². The van der Waals surface area contributed by atoms with Gasteiger partial charge in [0.05, 0.1) is 0 Å². The maximum absolute atomic E-state index is 3.43. The van der Waals surface area contributed by atoms with E-state index in [1.807, 2.05) is 6.07 Å². The third-order valence-corrected chi connectivity index (χ3v) is 3.88. The summed E-state index contributed by atoms with van der Waals surface area (Å²) in [5, 5.41) is 3.43. The highest BCUT2D eigenvalue weighted by molar-refractivity contribution is 5.59. The summed E-state index contributed by atoms with van der Waals surface area (Å²) in [6.07, 6.45) is 7.59. The average Bonchev–Trinajstić information content (AvgIpc) is 2.50. The summed E-state index contributed by atoms with van der Waals surface area (Å²) in [6, 6.07) is 19.3. The molecule has 1 aliphatic carbocycles. The molecule has 0 spiro atoms. The molecule has 0 aliphatic heterocycles. The zero-order valence-electron chi connectivity index (χ0n) is 11.2. The summed E-state index contributed by atoms with van der Waals surface area (Å²) >= 11 is 0. The highest BCUT2D eigenvalue weighted by atomic mass is 14.9. The second-order valence-electron chi connectivity index (χ2n) is 5.25. The summed E-state index contributed by atoms with van der Waals surface area (Å²) in [7, 11) is 0. The van der Waals surface area contributed by atoms with Crippen LogP contribution < -0.4 is 5.32 Å². The Morgan fingerprint density at radius 1 is 0.737 bits per heavy atom. The first-order valence-electron chi connectivity index (χ1n) is 7.15. The molecule has 1 fully saturated rings. The normalized spacial score (nSPS) is 16.2. The molecule has 19 heavy (non-hydrogen) atoms. The van der Waals surface area contributed by atoms with Gasteiger partial charge in [0.2, 0.25) is 0 Å². The molecule has 1 N–H and O–H groups in total. The molecule has 1 radical (unpaired) electrons. The second kappa shape index (κ2) is 5.92. The lowest BCUT2D eigenvalue weighted by molar-refractivity contribution is 0.512. The summed E-state index contributed by atoms with van der Waals surface area (Å²) < 4.78 is 0. The molecule has 1 aliphatic rings. The third kappa shape index (κ3) is 3.17. The second-order valence-corrected chi connectivity index (χ2v) is 5.25. The van der Waals surface area contributed by atoms with Gasteiger partial charge in [-0.3, -0.25) is 0 Å². The van der Waals surface area contributed by atoms with Crippen LogP contribution >= 0.6 is 0 Å². The maximum atomic E-state index is 3.43. The van der Waals surface area contributed by atoms with Crippen LogP contribution in [0.25, 0.3) is 0 Å². The molecule has 0 saturated heterocycles. The standard InChI is InChI=1S/C18H20N/c1-3-7-15(8-4-1)16-11-13-18(14-12-16)19-17-9-5-2-6-10-17/h1-2,5-6,9-15,19H,3-4,7-8H2. The van der Waals surface area contributed by atoms with Crippen molar-refractivity contribution in [2.24, 2.45) is 0 Å². The van der Waals surface area contributed by atoms with Gasteiger partial charge in [-0.05, 0) is 67.9 Å². The van der Waals surface area contributed by atoms with Gasteiger partial charge in [-0.15, -0.1) is 0 Å². The van der Waals surface area contributed by atoms with Crippen LogP contribution in [0.15, 0.2) is 54.6 Å². The molecule has 0 amide bonds. The van der Waals surface area contributed by atoms with Crippen molar-refractivity contribution in [2.45, 2.75) is 31.6 Å². The lowest BCUT2D eigenvalue weighted by Crippen LogP contribution is -2.04. The predicted octanol–water partition coefficient (Wildman–Crippen LogP) is 5.29. The van der Waals surface area contributed by atoms with E-state index in [-0.39, 0.29) is 0 Å². The molecule has 2 aromatic rings. The van der Waals surface area contributed by atoms with Crippen molar-refractivity contribution < 1.29 is 0 Å². The number of rotatable bonds is 3. The van der Waals surface area contributed by atoms with Crippen LogP contribution in [0, 0.1) is 6.42 Å². The number of anilines is 2. The molecule has 2 aromatic carbocycles. The first kappa shape index (κ1) is 12.3. The third-order valence-electron chi connectivity index (χ3n) is 3.88. The van der Waals surface area contributed by atoms with Crippen molar-refractivity contribution in [3.05, 3.63) is 66.6 Å². The van der Waals surface area contributed by atoms with Crippen LogP contribution in [-0.4, -0.2) is 0 Å². The van der Waals surface area contributed by atoms with Crippen molar-refractivity contribution in [1.82, 2.24) is 0 Å². The zero-order chi connectivity index (χ0) is 12.9. The van der Waals surface area contributed by atoms with Crippen LogP contribution in [0.1, 0.15) is 37.2 Å². The van der Waals surface area contributed by atoms with Crippen LogP contribution in [0.4, 0.5) is 11.4 Å². The van der Waals surface area contributed by atoms with E-state index in [0.29, 0.717) is 0 Å². The molecule has 3 rings (SSSR count). The van der Waals surface area contributed by atoms with Crippen molar-refractivity contribution in [2.75, 3.05) is 5.32 Å². The molecule has 0 unspecified atom stereocenters. The van der Waals surface area contributed by atoms with E-state index in [1.54, 1.807) is 0 Å². The number of hydrogen-bond acceptors (Lipinski definition) is 1. The van der Waals surface area contributed by atoms with Gasteiger partial charge in [0, 0.05) is 11.4 Å². The van der Waals surface area contributed by atoms with Gasteiger partial charge in [-0.2, -0.15) is 0 Å². The number of hydrogen-bond donors (Lipinski definition) is 1. The minimum absolute atomic E-state index is 0.760. The molecular weight excluding hydrogens is 230 g/mol. The molecule has 1 saturated carbocycles. The fourth-order valence-corrected chi connectivity index (χ4v) is 2.79. The molecule has 0 aromatic heterocycles. The van der Waals surface area contributed by atoms with E-state index in [9.17, 15) is 0 Å². The summed E-state index contributed by atoms with van der Waals surface area (Å²) in [4.78, 5) is 0. The molecule has 1 heteroatoms. The minimum atomic E-state index is 0.760. The van der Waals surface area contributed by atoms with E-state index in [0.717, 1.165) is 17.3 Å². The summed E-state index contributed by atoms with van der Waals surface area (Å²) in [5.74, 6) is 0.760. The Bertz CT molecular complexity index is 495. The van der Waals surface area contributed by atoms with Gasteiger partial charge in [-0.25, -0.2) is 0 Å². The first-order chi connectivity index (χ1) is 9.42. The van der Waals surface area contributed by atoms with Crippen LogP contribution in [-0.2, 0) is 0 Å². The van der Waals surface area contributed by atoms with E-state index in [4.69, 9.17) is 0 Å². The Morgan fingerprint density at radius 3 is 2.05 bits per heavy atom. The lowest BCUT2D eigenvalue weighted by Gasteiger charge is -2.22. The largest absolute Gasteiger partial charge is 0.356 e. The van der Waals surface area contributed by atoms with Gasteiger partial charge in [0.1, 0.15) is 0 Å². The Morgan fingerprint density at radius 2 is 1.37 bits per heavy atom. The monoisotopic (exact) mass is 250 g/mol. The molecule has 0 bridgehead atoms. The Hall–Kier alpha value is -1.76. The Kier molecular flexibility index (Phi) is 3.83. The van der Waals surface area contributed by atoms with Crippen LogP contribution in [0.2, 0.25) is 0 Å². The van der Waals surface area contributed by atoms with Crippen molar-refractivity contribution in [3.8, 4) is 0 Å². The molecule has 1 nitrogen and oxygen atoms in total. The average molecular weight is 250 g/mol. The van der Waals surface area contributed by atoms with Gasteiger partial charge < -0.3 is 5.32 Å². The number of para-hydroxylation sites is 1. The van der Waals surface area contributed by atoms with Crippen molar-refractivity contribution in [1.29, 1.82) is 0 Å². The van der Waals surface area contributed by atoms with Gasteiger partial charge in [0.15, 0.2) is 0 Å². The predicted molar refractivity (Wildman–Crippen MR) is 81.7 cm³/mol. The fourth-order valence-electron chi connectivity index (χ4n) is 2.79. The quantitative estimate of drug-likeness (QED) is 0.780. The maximum Gasteiger partial charge on any atom is 0.0384 e. The van der Waals surface area contributed by atoms with Gasteiger partial charge in [0.25, 0.3) is 0 Å². The fraction of sp³-hybridized carbons (Fsp3) is 0.278. The van der Waals surface area contributed by atoms with Crippen molar-refractivity contribution in [3.63, 3.8) is 0 Å². The number of nitrogens with one attached hydrogen (secondary N) is 1. The molecule has 97 valence electrons. The van der Waals surface area contributed by atoms with Crippen LogP contribution in [0.5, 0.6) is 0 Å². The topological polar surface area (TPSA) is 12.0 Å². The smallest absolute Gasteiger partial charge is 0.0384 e. The molecule has 0 atom stereocenters. The zero-order valence-corrected chi connectivity index (χ0v) is 11.2. The first-order valence-corrected chi connectivity index (χ1v) is 7.15. The van der Waals surface area contributed by atoms with E-state index in [1.165, 1.54) is 31.2 Å². The van der Waals surface area contributed by atoms with Gasteiger partial charge in [-0.1, -0.05) is 30.3 Å². The molecular formula is C18H20N. The Labute approximate surface area is 115 Å². The van der Waals surface area contributed by atoms with Gasteiger partial charge >= 0.3 is 0 Å². The van der Waals surface area contributed by atoms with E-state index < -0.39 is 0 Å². The summed E-state index contributed by atoms with van der Waals surface area (Å²) in [6.45, 7) is 0. The summed E-state index contributed by atoms with van der Waals surface area (Å²) in [5.41, 5.74) is 3.80. The Balaban J connectivity index is 1.68. The highest BCUT2D eigenvalue weighted by Crippen LogP contribution is 2.32. The van der Waals surface area contributed by atoms with Crippen molar-refractivity contribution >= 4 is 11.4 Å². The SMILES string of the molecule is [CH]1CCC(c2ccc(Nc3ccccc3)cc2)CC1. The number of benzene rings is 2. The minimum Gasteiger partial charge on any atom is -0.356 e. The van der Waals surface area contributed by atoms with E-state index >= 15 is 0 Å². The lowest BCUT2D eigenvalue weighted by atomic mass is 9.84.